The van der Waals surface area contributed by atoms with Gasteiger partial charge in [0, 0.05) is 17.9 Å². The summed E-state index contributed by atoms with van der Waals surface area (Å²) >= 11 is 1.34. The third kappa shape index (κ3) is 6.37. The number of thioether (sulfide) groups is 1. The van der Waals surface area contributed by atoms with Crippen molar-refractivity contribution in [1.82, 2.24) is 14.8 Å². The van der Waals surface area contributed by atoms with Gasteiger partial charge in [-0.3, -0.25) is 0 Å². The smallest absolute Gasteiger partial charge is 0.338 e. The summed E-state index contributed by atoms with van der Waals surface area (Å²) in [5.74, 6) is 0.965. The van der Waals surface area contributed by atoms with Crippen LogP contribution in [0.4, 0.5) is 10.3 Å². The van der Waals surface area contributed by atoms with E-state index >= 15 is 0 Å². The lowest BCUT2D eigenvalue weighted by molar-refractivity contribution is -0.139. The minimum Gasteiger partial charge on any atom is -0.493 e. The van der Waals surface area contributed by atoms with E-state index in [4.69, 9.17) is 14.6 Å². The van der Waals surface area contributed by atoms with Crippen molar-refractivity contribution in [1.29, 1.82) is 0 Å². The average Bonchev–Trinajstić information content (AvgIpc) is 3.38. The second kappa shape index (κ2) is 12.8. The Labute approximate surface area is 237 Å². The maximum atomic E-state index is 14.2. The number of aromatic nitrogens is 3. The van der Waals surface area contributed by atoms with Crippen molar-refractivity contribution in [3.05, 3.63) is 113 Å². The number of nitrogens with one attached hydrogen (secondary N) is 1. The number of anilines is 1. The lowest BCUT2D eigenvalue weighted by atomic mass is 9.96. The first-order chi connectivity index (χ1) is 19.5. The van der Waals surface area contributed by atoms with Gasteiger partial charge in [0.25, 0.3) is 0 Å². The van der Waals surface area contributed by atoms with Crippen molar-refractivity contribution in [2.24, 2.45) is 0 Å². The third-order valence-corrected chi connectivity index (χ3v) is 7.39. The first kappa shape index (κ1) is 27.5. The summed E-state index contributed by atoms with van der Waals surface area (Å²) in [6, 6.07) is 24.0. The molecule has 1 aromatic heterocycles. The minimum absolute atomic E-state index is 0.264. The van der Waals surface area contributed by atoms with Crippen LogP contribution in [0.15, 0.2) is 95.3 Å². The maximum Gasteiger partial charge on any atom is 0.338 e. The van der Waals surface area contributed by atoms with E-state index in [1.807, 2.05) is 56.3 Å². The Morgan fingerprint density at radius 2 is 1.77 bits per heavy atom. The zero-order chi connectivity index (χ0) is 27.9. The van der Waals surface area contributed by atoms with Gasteiger partial charge in [0.2, 0.25) is 11.1 Å². The van der Waals surface area contributed by atoms with Crippen LogP contribution in [-0.2, 0) is 21.7 Å². The van der Waals surface area contributed by atoms with Crippen LogP contribution in [0.2, 0.25) is 0 Å². The van der Waals surface area contributed by atoms with Crippen LogP contribution in [0, 0.1) is 5.82 Å². The number of hydrogen-bond acceptors (Lipinski definition) is 7. The fourth-order valence-electron chi connectivity index (χ4n) is 4.47. The van der Waals surface area contributed by atoms with Gasteiger partial charge in [0.05, 0.1) is 18.8 Å². The number of rotatable bonds is 11. The highest BCUT2D eigenvalue weighted by Crippen LogP contribution is 2.37. The van der Waals surface area contributed by atoms with Crippen LogP contribution in [0.3, 0.4) is 0 Å². The minimum atomic E-state index is -0.547. The topological polar surface area (TPSA) is 78.3 Å². The van der Waals surface area contributed by atoms with Crippen molar-refractivity contribution in [3.8, 4) is 5.75 Å². The first-order valence-electron chi connectivity index (χ1n) is 13.3. The molecule has 1 aliphatic heterocycles. The summed E-state index contributed by atoms with van der Waals surface area (Å²) in [6.45, 7) is 4.67. The zero-order valence-electron chi connectivity index (χ0n) is 22.5. The fraction of sp³-hybridized carbons (Fsp3) is 0.258. The number of nitrogens with zero attached hydrogens (tertiary/aromatic N) is 3. The summed E-state index contributed by atoms with van der Waals surface area (Å²) in [7, 11) is 0. The molecule has 4 aromatic rings. The quantitative estimate of drug-likeness (QED) is 0.165. The van der Waals surface area contributed by atoms with Crippen LogP contribution >= 0.6 is 11.8 Å². The van der Waals surface area contributed by atoms with E-state index in [0.29, 0.717) is 46.9 Å². The van der Waals surface area contributed by atoms with E-state index in [2.05, 4.69) is 22.4 Å². The van der Waals surface area contributed by atoms with Crippen LogP contribution in [0.25, 0.3) is 0 Å². The Bertz CT molecular complexity index is 1490. The Morgan fingerprint density at radius 1 is 1.02 bits per heavy atom. The van der Waals surface area contributed by atoms with Crippen molar-refractivity contribution in [2.45, 2.75) is 43.6 Å². The number of carbonyl (C=O) groups excluding carboxylic acids is 1. The van der Waals surface area contributed by atoms with Crippen LogP contribution in [0.5, 0.6) is 5.75 Å². The van der Waals surface area contributed by atoms with E-state index in [9.17, 15) is 9.18 Å². The molecule has 0 aliphatic carbocycles. The van der Waals surface area contributed by atoms with E-state index in [-0.39, 0.29) is 5.82 Å². The highest BCUT2D eigenvalue weighted by molar-refractivity contribution is 7.98. The van der Waals surface area contributed by atoms with Gasteiger partial charge in [0.1, 0.15) is 17.6 Å². The fourth-order valence-corrected chi connectivity index (χ4v) is 5.29. The molecule has 7 nitrogen and oxygen atoms in total. The number of esters is 1. The highest BCUT2D eigenvalue weighted by Gasteiger charge is 2.35. The Hall–Kier alpha value is -4.11. The van der Waals surface area contributed by atoms with Gasteiger partial charge in [-0.1, -0.05) is 79.3 Å². The second-order valence-electron chi connectivity index (χ2n) is 9.40. The third-order valence-electron chi connectivity index (χ3n) is 6.50. The lowest BCUT2D eigenvalue weighted by Crippen LogP contribution is -2.29. The molecule has 5 rings (SSSR count). The van der Waals surface area contributed by atoms with Crippen molar-refractivity contribution in [2.75, 3.05) is 18.5 Å². The highest BCUT2D eigenvalue weighted by atomic mass is 32.2. The molecular weight excluding hydrogens is 527 g/mol. The summed E-state index contributed by atoms with van der Waals surface area (Å²) in [5, 5.41) is 8.40. The molecule has 0 fully saturated rings. The van der Waals surface area contributed by atoms with Gasteiger partial charge in [0.15, 0.2) is 0 Å². The van der Waals surface area contributed by atoms with Crippen LogP contribution in [0.1, 0.15) is 43.0 Å². The van der Waals surface area contributed by atoms with Gasteiger partial charge in [-0.2, -0.15) is 4.98 Å². The molecule has 0 amide bonds. The number of fused-ring (bicyclic) bond motifs is 1. The predicted octanol–water partition coefficient (Wildman–Crippen LogP) is 6.57. The van der Waals surface area contributed by atoms with Crippen LogP contribution in [-0.4, -0.2) is 33.9 Å². The van der Waals surface area contributed by atoms with Crippen molar-refractivity contribution < 1.29 is 18.7 Å². The summed E-state index contributed by atoms with van der Waals surface area (Å²) < 4.78 is 27.4. The monoisotopic (exact) mass is 558 g/mol. The standard InChI is InChI=1S/C31H31FN4O3S/c1-3-18-39-29(37)27-21(2)33-30-34-31(40-20-24-11-7-8-12-26(24)32)35-36(30)28(27)23-13-15-25(16-14-23)38-19-17-22-9-5-4-6-10-22/h4-16,28H,3,17-20H2,1-2H3,(H,33,34,35). The molecule has 0 saturated heterocycles. The normalized spacial score (nSPS) is 14.4. The summed E-state index contributed by atoms with van der Waals surface area (Å²) in [4.78, 5) is 17.8. The summed E-state index contributed by atoms with van der Waals surface area (Å²) in [5.41, 5.74) is 3.75. The molecule has 1 atom stereocenters. The van der Waals surface area contributed by atoms with Crippen molar-refractivity contribution >= 4 is 23.7 Å². The zero-order valence-corrected chi connectivity index (χ0v) is 23.3. The number of allylic oxidation sites excluding steroid dienone is 1. The molecule has 1 N–H and O–H groups in total. The molecular formula is C31H31FN4O3S. The second-order valence-corrected chi connectivity index (χ2v) is 10.3. The molecule has 0 spiro atoms. The molecule has 40 heavy (non-hydrogen) atoms. The van der Waals surface area contributed by atoms with Crippen molar-refractivity contribution in [3.63, 3.8) is 0 Å². The predicted molar refractivity (Wildman–Crippen MR) is 154 cm³/mol. The molecule has 0 radical (unpaired) electrons. The molecule has 0 saturated carbocycles. The van der Waals surface area contributed by atoms with Gasteiger partial charge >= 0.3 is 5.97 Å². The lowest BCUT2D eigenvalue weighted by Gasteiger charge is -2.28. The number of benzene rings is 3. The molecule has 3 aromatic carbocycles. The van der Waals surface area contributed by atoms with Gasteiger partial charge < -0.3 is 14.8 Å². The molecule has 1 aliphatic rings. The van der Waals surface area contributed by atoms with E-state index in [1.54, 1.807) is 22.9 Å². The van der Waals surface area contributed by atoms with E-state index < -0.39 is 12.0 Å². The van der Waals surface area contributed by atoms with Gasteiger partial charge in [-0.25, -0.2) is 13.9 Å². The Balaban J connectivity index is 1.38. The Morgan fingerprint density at radius 3 is 2.52 bits per heavy atom. The molecule has 2 heterocycles. The van der Waals surface area contributed by atoms with E-state index in [0.717, 1.165) is 24.2 Å². The molecule has 9 heteroatoms. The molecule has 0 bridgehead atoms. The number of ether oxygens (including phenoxy) is 2. The molecule has 206 valence electrons. The van der Waals surface area contributed by atoms with E-state index in [1.165, 1.54) is 23.4 Å². The van der Waals surface area contributed by atoms with Crippen LogP contribution < -0.4 is 10.1 Å². The van der Waals surface area contributed by atoms with Gasteiger partial charge in [-0.15, -0.1) is 5.10 Å². The summed E-state index contributed by atoms with van der Waals surface area (Å²) in [6.07, 6.45) is 1.53. The number of hydrogen-bond donors (Lipinski definition) is 1. The average molecular weight is 559 g/mol. The van der Waals surface area contributed by atoms with Gasteiger partial charge in [-0.05, 0) is 48.2 Å². The Kier molecular flexibility index (Phi) is 8.81. The maximum absolute atomic E-state index is 14.2. The SMILES string of the molecule is CCCOC(=O)C1=C(C)Nc2nc(SCc3ccccc3F)nn2C1c1ccc(OCCc2ccccc2)cc1. The largest absolute Gasteiger partial charge is 0.493 e. The molecule has 1 unspecified atom stereocenters. The number of carbonyl (C=O) groups is 1. The number of halogens is 1. The first-order valence-corrected chi connectivity index (χ1v) is 14.3.